The van der Waals surface area contributed by atoms with E-state index in [-0.39, 0.29) is 11.9 Å². The number of carbonyl (C=O) groups is 1. The Balaban J connectivity index is 1.98. The fourth-order valence-electron chi connectivity index (χ4n) is 2.56. The third kappa shape index (κ3) is 3.52. The van der Waals surface area contributed by atoms with Gasteiger partial charge in [-0.15, -0.1) is 0 Å². The van der Waals surface area contributed by atoms with Crippen LogP contribution in [0.25, 0.3) is 0 Å². The summed E-state index contributed by atoms with van der Waals surface area (Å²) in [4.78, 5) is 12.3. The summed E-state index contributed by atoms with van der Waals surface area (Å²) < 4.78 is 0. The molecule has 1 aliphatic rings. The SMILES string of the molecule is CCCCC(CCC)NC(=O)c1n[nH]c(C2CC2)c1N. The number of aromatic amines is 1. The first kappa shape index (κ1) is 14.9. The smallest absolute Gasteiger partial charge is 0.274 e. The zero-order valence-corrected chi connectivity index (χ0v) is 12.5. The van der Waals surface area contributed by atoms with Gasteiger partial charge in [0.05, 0.1) is 11.4 Å². The molecule has 0 spiro atoms. The van der Waals surface area contributed by atoms with Gasteiger partial charge in [-0.3, -0.25) is 9.89 Å². The van der Waals surface area contributed by atoms with Crippen molar-refractivity contribution in [2.24, 2.45) is 0 Å². The Morgan fingerprint density at radius 3 is 2.75 bits per heavy atom. The monoisotopic (exact) mass is 278 g/mol. The highest BCUT2D eigenvalue weighted by Crippen LogP contribution is 2.42. The molecule has 20 heavy (non-hydrogen) atoms. The molecule has 112 valence electrons. The van der Waals surface area contributed by atoms with Crippen molar-refractivity contribution in [1.29, 1.82) is 0 Å². The van der Waals surface area contributed by atoms with Crippen LogP contribution in [-0.2, 0) is 0 Å². The third-order valence-electron chi connectivity index (χ3n) is 3.91. The maximum absolute atomic E-state index is 12.3. The van der Waals surface area contributed by atoms with Gasteiger partial charge in [0.1, 0.15) is 0 Å². The van der Waals surface area contributed by atoms with Crippen LogP contribution in [0, 0.1) is 0 Å². The first-order valence-electron chi connectivity index (χ1n) is 7.81. The Morgan fingerprint density at radius 1 is 1.40 bits per heavy atom. The Labute approximate surface area is 120 Å². The summed E-state index contributed by atoms with van der Waals surface area (Å²) >= 11 is 0. The molecule has 2 rings (SSSR count). The highest BCUT2D eigenvalue weighted by atomic mass is 16.2. The number of nitrogens with one attached hydrogen (secondary N) is 2. The Bertz CT molecular complexity index is 451. The second-order valence-corrected chi connectivity index (χ2v) is 5.78. The number of nitrogens with two attached hydrogens (primary N) is 1. The Kier molecular flexibility index (Phi) is 5.04. The standard InChI is InChI=1S/C15H26N4O/c1-3-5-7-11(6-4-2)17-15(20)14-12(16)13(18-19-14)10-8-9-10/h10-11H,3-9,16H2,1-2H3,(H,17,20)(H,18,19). The maximum atomic E-state index is 12.3. The lowest BCUT2D eigenvalue weighted by molar-refractivity contribution is 0.0928. The lowest BCUT2D eigenvalue weighted by Gasteiger charge is -2.17. The summed E-state index contributed by atoms with van der Waals surface area (Å²) in [6.07, 6.45) is 7.66. The minimum Gasteiger partial charge on any atom is -0.395 e. The van der Waals surface area contributed by atoms with E-state index in [0.717, 1.165) is 50.6 Å². The van der Waals surface area contributed by atoms with E-state index in [0.29, 0.717) is 17.3 Å². The molecular formula is C15H26N4O. The zero-order valence-electron chi connectivity index (χ0n) is 12.5. The van der Waals surface area contributed by atoms with Gasteiger partial charge in [-0.2, -0.15) is 5.10 Å². The van der Waals surface area contributed by atoms with Crippen LogP contribution in [0.5, 0.6) is 0 Å². The number of aromatic nitrogens is 2. The largest absolute Gasteiger partial charge is 0.395 e. The van der Waals surface area contributed by atoms with Gasteiger partial charge in [0.2, 0.25) is 0 Å². The van der Waals surface area contributed by atoms with Crippen LogP contribution in [0.3, 0.4) is 0 Å². The molecule has 0 bridgehead atoms. The van der Waals surface area contributed by atoms with E-state index in [1.54, 1.807) is 0 Å². The molecule has 4 N–H and O–H groups in total. The fourth-order valence-corrected chi connectivity index (χ4v) is 2.56. The van der Waals surface area contributed by atoms with Gasteiger partial charge in [0.15, 0.2) is 5.69 Å². The van der Waals surface area contributed by atoms with Crippen LogP contribution < -0.4 is 11.1 Å². The lowest BCUT2D eigenvalue weighted by Crippen LogP contribution is -2.35. The van der Waals surface area contributed by atoms with E-state index in [1.807, 2.05) is 0 Å². The van der Waals surface area contributed by atoms with Crippen LogP contribution in [-0.4, -0.2) is 22.1 Å². The van der Waals surface area contributed by atoms with E-state index in [4.69, 9.17) is 5.73 Å². The number of anilines is 1. The number of hydrogen-bond donors (Lipinski definition) is 3. The van der Waals surface area contributed by atoms with Crippen LogP contribution in [0.4, 0.5) is 5.69 Å². The van der Waals surface area contributed by atoms with E-state index >= 15 is 0 Å². The Hall–Kier alpha value is -1.52. The predicted octanol–water partition coefficient (Wildman–Crippen LogP) is 2.96. The molecule has 1 aromatic heterocycles. The van der Waals surface area contributed by atoms with Crippen molar-refractivity contribution < 1.29 is 4.79 Å². The van der Waals surface area contributed by atoms with E-state index in [2.05, 4.69) is 29.4 Å². The number of carbonyl (C=O) groups excluding carboxylic acids is 1. The molecule has 1 heterocycles. The van der Waals surface area contributed by atoms with Crippen molar-refractivity contribution in [2.45, 2.75) is 70.8 Å². The molecule has 0 saturated heterocycles. The van der Waals surface area contributed by atoms with Gasteiger partial charge in [0, 0.05) is 12.0 Å². The molecule has 1 fully saturated rings. The van der Waals surface area contributed by atoms with Gasteiger partial charge in [0.25, 0.3) is 5.91 Å². The molecule has 1 saturated carbocycles. The van der Waals surface area contributed by atoms with E-state index in [9.17, 15) is 4.79 Å². The quantitative estimate of drug-likeness (QED) is 0.683. The molecule has 5 nitrogen and oxygen atoms in total. The lowest BCUT2D eigenvalue weighted by atomic mass is 10.0. The topological polar surface area (TPSA) is 83.8 Å². The van der Waals surface area contributed by atoms with Crippen LogP contribution in [0.15, 0.2) is 0 Å². The normalized spacial score (nSPS) is 16.1. The first-order valence-corrected chi connectivity index (χ1v) is 7.81. The van der Waals surface area contributed by atoms with E-state index in [1.165, 1.54) is 0 Å². The van der Waals surface area contributed by atoms with Crippen molar-refractivity contribution in [3.8, 4) is 0 Å². The average molecular weight is 278 g/mol. The summed E-state index contributed by atoms with van der Waals surface area (Å²) in [6, 6.07) is 0.230. The minimum atomic E-state index is -0.139. The number of unbranched alkanes of at least 4 members (excludes halogenated alkanes) is 1. The number of amides is 1. The highest BCUT2D eigenvalue weighted by Gasteiger charge is 2.30. The number of nitrogen functional groups attached to an aromatic ring is 1. The van der Waals surface area contributed by atoms with Crippen molar-refractivity contribution >= 4 is 11.6 Å². The molecule has 5 heteroatoms. The number of hydrogen-bond acceptors (Lipinski definition) is 3. The summed E-state index contributed by atoms with van der Waals surface area (Å²) in [5, 5.41) is 10.1. The molecule has 1 aromatic rings. The number of H-pyrrole nitrogens is 1. The third-order valence-corrected chi connectivity index (χ3v) is 3.91. The summed E-state index contributed by atoms with van der Waals surface area (Å²) in [5.74, 6) is 0.343. The minimum absolute atomic E-state index is 0.139. The van der Waals surface area contributed by atoms with E-state index < -0.39 is 0 Å². The van der Waals surface area contributed by atoms with Gasteiger partial charge in [-0.05, 0) is 25.7 Å². The number of rotatable bonds is 8. The predicted molar refractivity (Wildman–Crippen MR) is 80.7 cm³/mol. The second-order valence-electron chi connectivity index (χ2n) is 5.78. The number of nitrogens with zero attached hydrogens (tertiary/aromatic N) is 1. The highest BCUT2D eigenvalue weighted by molar-refractivity contribution is 5.97. The van der Waals surface area contributed by atoms with Crippen LogP contribution in [0.2, 0.25) is 0 Å². The molecule has 1 aliphatic carbocycles. The average Bonchev–Trinajstić information content (AvgIpc) is 3.19. The molecular weight excluding hydrogens is 252 g/mol. The summed E-state index contributed by atoms with van der Waals surface area (Å²) in [6.45, 7) is 4.30. The second kappa shape index (κ2) is 6.77. The molecule has 0 radical (unpaired) electrons. The van der Waals surface area contributed by atoms with Gasteiger partial charge < -0.3 is 11.1 Å². The van der Waals surface area contributed by atoms with Crippen molar-refractivity contribution in [3.05, 3.63) is 11.4 Å². The van der Waals surface area contributed by atoms with Crippen molar-refractivity contribution in [2.75, 3.05) is 5.73 Å². The van der Waals surface area contributed by atoms with Gasteiger partial charge >= 0.3 is 0 Å². The molecule has 1 atom stereocenters. The Morgan fingerprint density at radius 2 is 2.15 bits per heavy atom. The molecule has 1 amide bonds. The van der Waals surface area contributed by atoms with Gasteiger partial charge in [-0.1, -0.05) is 33.1 Å². The van der Waals surface area contributed by atoms with Crippen molar-refractivity contribution in [1.82, 2.24) is 15.5 Å². The summed E-state index contributed by atoms with van der Waals surface area (Å²) in [7, 11) is 0. The van der Waals surface area contributed by atoms with Crippen LogP contribution in [0.1, 0.15) is 80.9 Å². The van der Waals surface area contributed by atoms with Crippen LogP contribution >= 0.6 is 0 Å². The van der Waals surface area contributed by atoms with Gasteiger partial charge in [-0.25, -0.2) is 0 Å². The molecule has 0 aliphatic heterocycles. The summed E-state index contributed by atoms with van der Waals surface area (Å²) in [5.41, 5.74) is 7.88. The molecule has 1 unspecified atom stereocenters. The molecule has 0 aromatic carbocycles. The zero-order chi connectivity index (χ0) is 14.5. The van der Waals surface area contributed by atoms with Crippen molar-refractivity contribution in [3.63, 3.8) is 0 Å². The fraction of sp³-hybridized carbons (Fsp3) is 0.733. The maximum Gasteiger partial charge on any atom is 0.274 e. The first-order chi connectivity index (χ1) is 9.67.